The van der Waals surface area contributed by atoms with E-state index < -0.39 is 0 Å². The van der Waals surface area contributed by atoms with Crippen LogP contribution in [-0.4, -0.2) is 0 Å². The Labute approximate surface area is 77.2 Å². The van der Waals surface area contributed by atoms with Gasteiger partial charge in [-0.25, -0.2) is 5.90 Å². The van der Waals surface area contributed by atoms with Crippen molar-refractivity contribution in [2.75, 3.05) is 0 Å². The molecule has 1 aromatic carbocycles. The highest BCUT2D eigenvalue weighted by Gasteiger charge is 2.07. The second kappa shape index (κ2) is 3.90. The SMILES string of the molecule is Cc1cc(Cl)ccc1C(C)ON. The van der Waals surface area contributed by atoms with Crippen LogP contribution in [0.1, 0.15) is 24.2 Å². The van der Waals surface area contributed by atoms with E-state index in [0.717, 1.165) is 16.1 Å². The Morgan fingerprint density at radius 3 is 2.67 bits per heavy atom. The van der Waals surface area contributed by atoms with Gasteiger partial charge in [0.15, 0.2) is 0 Å². The molecule has 0 saturated carbocycles. The van der Waals surface area contributed by atoms with E-state index in [1.807, 2.05) is 32.0 Å². The molecular weight excluding hydrogens is 174 g/mol. The molecule has 3 heteroatoms. The van der Waals surface area contributed by atoms with Crippen LogP contribution < -0.4 is 5.90 Å². The van der Waals surface area contributed by atoms with E-state index in [0.29, 0.717) is 0 Å². The van der Waals surface area contributed by atoms with Gasteiger partial charge in [-0.3, -0.25) is 4.84 Å². The maximum absolute atomic E-state index is 5.79. The van der Waals surface area contributed by atoms with E-state index in [-0.39, 0.29) is 6.10 Å². The van der Waals surface area contributed by atoms with Crippen LogP contribution in [0.3, 0.4) is 0 Å². The normalized spacial score (nSPS) is 13.0. The monoisotopic (exact) mass is 185 g/mol. The molecule has 66 valence electrons. The van der Waals surface area contributed by atoms with Gasteiger partial charge in [0.1, 0.15) is 6.10 Å². The topological polar surface area (TPSA) is 35.2 Å². The van der Waals surface area contributed by atoms with Gasteiger partial charge in [-0.1, -0.05) is 17.7 Å². The Hall–Kier alpha value is -0.570. The number of hydrogen-bond acceptors (Lipinski definition) is 2. The van der Waals surface area contributed by atoms with E-state index in [1.165, 1.54) is 0 Å². The summed E-state index contributed by atoms with van der Waals surface area (Å²) in [5.74, 6) is 5.08. The molecule has 0 aliphatic carbocycles. The highest BCUT2D eigenvalue weighted by atomic mass is 35.5. The zero-order chi connectivity index (χ0) is 9.14. The van der Waals surface area contributed by atoms with Crippen molar-refractivity contribution in [2.45, 2.75) is 20.0 Å². The number of rotatable bonds is 2. The molecule has 0 radical (unpaired) electrons. The first-order valence-electron chi connectivity index (χ1n) is 3.76. The van der Waals surface area contributed by atoms with Crippen LogP contribution in [-0.2, 0) is 4.84 Å². The van der Waals surface area contributed by atoms with Gasteiger partial charge >= 0.3 is 0 Å². The molecule has 1 aromatic rings. The lowest BCUT2D eigenvalue weighted by molar-refractivity contribution is 0.0660. The second-order valence-electron chi connectivity index (χ2n) is 2.78. The van der Waals surface area contributed by atoms with Crippen LogP contribution in [0.15, 0.2) is 18.2 Å². The summed E-state index contributed by atoms with van der Waals surface area (Å²) in [7, 11) is 0. The summed E-state index contributed by atoms with van der Waals surface area (Å²) in [4.78, 5) is 4.71. The third kappa shape index (κ3) is 1.97. The lowest BCUT2D eigenvalue weighted by atomic mass is 10.1. The zero-order valence-corrected chi connectivity index (χ0v) is 7.93. The molecule has 0 fully saturated rings. The van der Waals surface area contributed by atoms with Crippen molar-refractivity contribution in [1.29, 1.82) is 0 Å². The van der Waals surface area contributed by atoms with Gasteiger partial charge in [0.2, 0.25) is 0 Å². The molecule has 2 nitrogen and oxygen atoms in total. The molecule has 1 unspecified atom stereocenters. The largest absolute Gasteiger partial charge is 0.297 e. The lowest BCUT2D eigenvalue weighted by Gasteiger charge is -2.11. The maximum atomic E-state index is 5.79. The van der Waals surface area contributed by atoms with E-state index in [9.17, 15) is 0 Å². The summed E-state index contributed by atoms with van der Waals surface area (Å²) in [5.41, 5.74) is 2.17. The molecule has 0 aromatic heterocycles. The summed E-state index contributed by atoms with van der Waals surface area (Å²) in [6.45, 7) is 3.88. The molecule has 2 N–H and O–H groups in total. The third-order valence-corrected chi connectivity index (χ3v) is 2.11. The maximum Gasteiger partial charge on any atom is 0.101 e. The van der Waals surface area contributed by atoms with Crippen LogP contribution in [0.5, 0.6) is 0 Å². The van der Waals surface area contributed by atoms with E-state index in [1.54, 1.807) is 0 Å². The van der Waals surface area contributed by atoms with Gasteiger partial charge in [0, 0.05) is 5.02 Å². The second-order valence-corrected chi connectivity index (χ2v) is 3.22. The summed E-state index contributed by atoms with van der Waals surface area (Å²) in [6, 6.07) is 5.65. The van der Waals surface area contributed by atoms with Crippen LogP contribution in [0.2, 0.25) is 5.02 Å². The first kappa shape index (κ1) is 9.52. The minimum atomic E-state index is -0.0812. The molecule has 1 rings (SSSR count). The van der Waals surface area contributed by atoms with Gasteiger partial charge < -0.3 is 0 Å². The van der Waals surface area contributed by atoms with Crippen molar-refractivity contribution < 1.29 is 4.84 Å². The number of halogens is 1. The Morgan fingerprint density at radius 1 is 1.50 bits per heavy atom. The van der Waals surface area contributed by atoms with Gasteiger partial charge in [0.05, 0.1) is 0 Å². The predicted molar refractivity (Wildman–Crippen MR) is 49.9 cm³/mol. The Kier molecular flexibility index (Phi) is 3.09. The first-order valence-corrected chi connectivity index (χ1v) is 4.14. The van der Waals surface area contributed by atoms with Gasteiger partial charge in [0.25, 0.3) is 0 Å². The fraction of sp³-hybridized carbons (Fsp3) is 0.333. The molecule has 0 aliphatic heterocycles. The minimum Gasteiger partial charge on any atom is -0.297 e. The molecule has 12 heavy (non-hydrogen) atoms. The fourth-order valence-electron chi connectivity index (χ4n) is 1.17. The lowest BCUT2D eigenvalue weighted by Crippen LogP contribution is -2.06. The third-order valence-electron chi connectivity index (χ3n) is 1.87. The summed E-state index contributed by atoms with van der Waals surface area (Å²) in [6.07, 6.45) is -0.0812. The van der Waals surface area contributed by atoms with Gasteiger partial charge in [-0.2, -0.15) is 0 Å². The molecule has 1 atom stereocenters. The Morgan fingerprint density at radius 2 is 2.17 bits per heavy atom. The number of aryl methyl sites for hydroxylation is 1. The van der Waals surface area contributed by atoms with Crippen molar-refractivity contribution in [2.24, 2.45) is 5.90 Å². The predicted octanol–water partition coefficient (Wildman–Crippen LogP) is 2.60. The highest BCUT2D eigenvalue weighted by Crippen LogP contribution is 2.22. The Balaban J connectivity index is 3.01. The van der Waals surface area contributed by atoms with Crippen molar-refractivity contribution in [3.8, 4) is 0 Å². The molecular formula is C9H12ClNO. The van der Waals surface area contributed by atoms with Crippen molar-refractivity contribution in [3.63, 3.8) is 0 Å². The van der Waals surface area contributed by atoms with Gasteiger partial charge in [-0.05, 0) is 37.1 Å². The van der Waals surface area contributed by atoms with E-state index >= 15 is 0 Å². The molecule has 0 aliphatic rings. The van der Waals surface area contributed by atoms with E-state index in [2.05, 4.69) is 0 Å². The summed E-state index contributed by atoms with van der Waals surface area (Å²) < 4.78 is 0. The van der Waals surface area contributed by atoms with Crippen LogP contribution in [0, 0.1) is 6.92 Å². The standard InChI is InChI=1S/C9H12ClNO/c1-6-5-8(10)3-4-9(6)7(2)12-11/h3-5,7H,11H2,1-2H3. The molecule has 0 spiro atoms. The highest BCUT2D eigenvalue weighted by molar-refractivity contribution is 6.30. The summed E-state index contributed by atoms with van der Waals surface area (Å²) in [5, 5.41) is 0.737. The first-order chi connectivity index (χ1) is 5.65. The molecule has 0 heterocycles. The molecule has 0 bridgehead atoms. The van der Waals surface area contributed by atoms with Crippen molar-refractivity contribution in [3.05, 3.63) is 34.3 Å². The van der Waals surface area contributed by atoms with Crippen LogP contribution >= 0.6 is 11.6 Å². The minimum absolute atomic E-state index is 0.0812. The zero-order valence-electron chi connectivity index (χ0n) is 7.17. The number of benzene rings is 1. The Bertz CT molecular complexity index is 275. The van der Waals surface area contributed by atoms with Crippen LogP contribution in [0.4, 0.5) is 0 Å². The average Bonchev–Trinajstić information content (AvgIpc) is 2.03. The van der Waals surface area contributed by atoms with E-state index in [4.69, 9.17) is 22.3 Å². The van der Waals surface area contributed by atoms with Crippen molar-refractivity contribution in [1.82, 2.24) is 0 Å². The summed E-state index contributed by atoms with van der Waals surface area (Å²) >= 11 is 5.79. The fourth-order valence-corrected chi connectivity index (χ4v) is 1.40. The number of nitrogens with two attached hydrogens (primary N) is 1. The smallest absolute Gasteiger partial charge is 0.101 e. The quantitative estimate of drug-likeness (QED) is 0.719. The van der Waals surface area contributed by atoms with Gasteiger partial charge in [-0.15, -0.1) is 0 Å². The molecule has 0 saturated heterocycles. The van der Waals surface area contributed by atoms with Crippen molar-refractivity contribution >= 4 is 11.6 Å². The average molecular weight is 186 g/mol. The molecule has 0 amide bonds. The number of hydrogen-bond donors (Lipinski definition) is 1. The van der Waals surface area contributed by atoms with Crippen LogP contribution in [0.25, 0.3) is 0 Å².